The summed E-state index contributed by atoms with van der Waals surface area (Å²) in [7, 11) is -3.99. The molecule has 3 rings (SSSR count). The summed E-state index contributed by atoms with van der Waals surface area (Å²) in [6.45, 7) is 3.81. The number of aryl methyl sites for hydroxylation is 2. The number of carbonyl (C=O) groups excluding carboxylic acids is 1. The number of carbonyl (C=O) groups is 1. The Morgan fingerprint density at radius 2 is 1.40 bits per heavy atom. The highest BCUT2D eigenvalue weighted by Gasteiger charge is 2.18. The van der Waals surface area contributed by atoms with Crippen molar-refractivity contribution in [1.29, 1.82) is 0 Å². The van der Waals surface area contributed by atoms with Crippen molar-refractivity contribution in [1.82, 2.24) is 4.72 Å². The van der Waals surface area contributed by atoms with Crippen molar-refractivity contribution in [3.05, 3.63) is 89.5 Å². The van der Waals surface area contributed by atoms with E-state index < -0.39 is 15.9 Å². The Kier molecular flexibility index (Phi) is 6.49. The van der Waals surface area contributed by atoms with Crippen molar-refractivity contribution in [3.8, 4) is 0 Å². The molecule has 0 bridgehead atoms. The first-order valence-corrected chi connectivity index (χ1v) is 11.0. The van der Waals surface area contributed by atoms with Crippen molar-refractivity contribution in [2.45, 2.75) is 18.7 Å². The van der Waals surface area contributed by atoms with Gasteiger partial charge >= 0.3 is 0 Å². The summed E-state index contributed by atoms with van der Waals surface area (Å²) < 4.78 is 27.1. The molecule has 154 valence electrons. The highest BCUT2D eigenvalue weighted by Crippen LogP contribution is 2.16. The maximum atomic E-state index is 12.5. The van der Waals surface area contributed by atoms with Gasteiger partial charge in [-0.05, 0) is 80.2 Å². The molecule has 0 fully saturated rings. The van der Waals surface area contributed by atoms with Crippen LogP contribution >= 0.6 is 12.2 Å². The summed E-state index contributed by atoms with van der Waals surface area (Å²) >= 11 is 5.29. The standard InChI is InChI=1S/C22H21N3O3S2/c1-15-5-3-7-17(13-15)21(26)25-30(27,28)20-11-9-18(10-12-20)23-22(29)24-19-8-4-6-16(2)14-19/h3-14H,1-2H3,(H,25,26)(H2,23,24,29). The molecule has 6 nitrogen and oxygen atoms in total. The Hall–Kier alpha value is -3.23. The molecule has 0 saturated heterocycles. The highest BCUT2D eigenvalue weighted by atomic mass is 32.2. The summed E-state index contributed by atoms with van der Waals surface area (Å²) in [5.74, 6) is -0.676. The molecule has 0 aliphatic carbocycles. The molecule has 0 aromatic heterocycles. The predicted octanol–water partition coefficient (Wildman–Crippen LogP) is 4.23. The lowest BCUT2D eigenvalue weighted by atomic mass is 10.1. The predicted molar refractivity (Wildman–Crippen MR) is 123 cm³/mol. The van der Waals surface area contributed by atoms with E-state index in [1.165, 1.54) is 12.1 Å². The maximum Gasteiger partial charge on any atom is 0.265 e. The van der Waals surface area contributed by atoms with Crippen LogP contribution in [0, 0.1) is 13.8 Å². The molecule has 0 spiro atoms. The van der Waals surface area contributed by atoms with Gasteiger partial charge in [0.1, 0.15) is 0 Å². The van der Waals surface area contributed by atoms with Crippen LogP contribution in [0.1, 0.15) is 21.5 Å². The van der Waals surface area contributed by atoms with Gasteiger partial charge < -0.3 is 10.6 Å². The third kappa shape index (κ3) is 5.65. The van der Waals surface area contributed by atoms with Gasteiger partial charge in [-0.3, -0.25) is 4.79 Å². The summed E-state index contributed by atoms with van der Waals surface area (Å²) in [5.41, 5.74) is 3.72. The zero-order valence-corrected chi connectivity index (χ0v) is 18.1. The summed E-state index contributed by atoms with van der Waals surface area (Å²) in [5, 5.41) is 6.45. The number of nitrogens with one attached hydrogen (secondary N) is 3. The Balaban J connectivity index is 1.65. The van der Waals surface area contributed by atoms with Crippen LogP contribution in [0.2, 0.25) is 0 Å². The lowest BCUT2D eigenvalue weighted by Crippen LogP contribution is -2.30. The molecule has 0 aliphatic rings. The minimum absolute atomic E-state index is 0.0217. The van der Waals surface area contributed by atoms with Crippen LogP contribution in [-0.4, -0.2) is 19.4 Å². The van der Waals surface area contributed by atoms with Gasteiger partial charge in [0, 0.05) is 16.9 Å². The van der Waals surface area contributed by atoms with E-state index in [1.807, 2.05) is 44.2 Å². The van der Waals surface area contributed by atoms with E-state index in [2.05, 4.69) is 15.4 Å². The van der Waals surface area contributed by atoms with Gasteiger partial charge in [0.05, 0.1) is 4.90 Å². The fraction of sp³-hybridized carbons (Fsp3) is 0.0909. The maximum absolute atomic E-state index is 12.5. The first-order valence-electron chi connectivity index (χ1n) is 9.11. The molecule has 8 heteroatoms. The van der Waals surface area contributed by atoms with Crippen LogP contribution < -0.4 is 15.4 Å². The normalized spacial score (nSPS) is 10.9. The molecular formula is C22H21N3O3S2. The van der Waals surface area contributed by atoms with Crippen molar-refractivity contribution in [2.75, 3.05) is 10.6 Å². The van der Waals surface area contributed by atoms with Crippen LogP contribution in [0.4, 0.5) is 11.4 Å². The molecule has 3 N–H and O–H groups in total. The van der Waals surface area contributed by atoms with E-state index in [9.17, 15) is 13.2 Å². The fourth-order valence-electron chi connectivity index (χ4n) is 2.76. The second-order valence-corrected chi connectivity index (χ2v) is 8.87. The van der Waals surface area contributed by atoms with Crippen molar-refractivity contribution < 1.29 is 13.2 Å². The van der Waals surface area contributed by atoms with Crippen LogP contribution in [-0.2, 0) is 10.0 Å². The van der Waals surface area contributed by atoms with Gasteiger partial charge in [0.2, 0.25) is 0 Å². The van der Waals surface area contributed by atoms with E-state index in [0.29, 0.717) is 10.8 Å². The molecule has 0 radical (unpaired) electrons. The Morgan fingerprint density at radius 3 is 2.03 bits per heavy atom. The van der Waals surface area contributed by atoms with Gasteiger partial charge in [0.15, 0.2) is 5.11 Å². The molecule has 0 unspecified atom stereocenters. The number of amides is 1. The molecule has 0 heterocycles. The van der Waals surface area contributed by atoms with E-state index in [4.69, 9.17) is 12.2 Å². The lowest BCUT2D eigenvalue weighted by Gasteiger charge is -2.12. The molecule has 1 amide bonds. The SMILES string of the molecule is Cc1cccc(NC(=S)Nc2ccc(S(=O)(=O)NC(=O)c3cccc(C)c3)cc2)c1. The number of hydrogen-bond acceptors (Lipinski definition) is 4. The highest BCUT2D eigenvalue weighted by molar-refractivity contribution is 7.90. The van der Waals surface area contributed by atoms with E-state index in [1.54, 1.807) is 30.3 Å². The number of thiocarbonyl (C=S) groups is 1. The van der Waals surface area contributed by atoms with E-state index in [-0.39, 0.29) is 10.5 Å². The van der Waals surface area contributed by atoms with E-state index >= 15 is 0 Å². The number of sulfonamides is 1. The zero-order chi connectivity index (χ0) is 21.7. The zero-order valence-electron chi connectivity index (χ0n) is 16.5. The Morgan fingerprint density at radius 1 is 0.800 bits per heavy atom. The smallest absolute Gasteiger partial charge is 0.265 e. The molecule has 0 aliphatic heterocycles. The average molecular weight is 440 g/mol. The van der Waals surface area contributed by atoms with Gasteiger partial charge in [0.25, 0.3) is 15.9 Å². The van der Waals surface area contributed by atoms with Gasteiger partial charge in [-0.25, -0.2) is 13.1 Å². The van der Waals surface area contributed by atoms with Crippen LogP contribution in [0.25, 0.3) is 0 Å². The van der Waals surface area contributed by atoms with Crippen molar-refractivity contribution >= 4 is 44.6 Å². The largest absolute Gasteiger partial charge is 0.332 e. The van der Waals surface area contributed by atoms with Crippen LogP contribution in [0.3, 0.4) is 0 Å². The number of benzene rings is 3. The third-order valence-corrected chi connectivity index (χ3v) is 5.76. The first kappa shape index (κ1) is 21.5. The lowest BCUT2D eigenvalue weighted by molar-refractivity contribution is 0.0981. The summed E-state index contributed by atoms with van der Waals surface area (Å²) in [6, 6.07) is 20.4. The average Bonchev–Trinajstić information content (AvgIpc) is 2.68. The second-order valence-electron chi connectivity index (χ2n) is 6.78. The number of anilines is 2. The third-order valence-electron chi connectivity index (χ3n) is 4.21. The first-order chi connectivity index (χ1) is 14.2. The molecule has 30 heavy (non-hydrogen) atoms. The van der Waals surface area contributed by atoms with Gasteiger partial charge in [-0.1, -0.05) is 29.8 Å². The van der Waals surface area contributed by atoms with Gasteiger partial charge in [-0.2, -0.15) is 0 Å². The van der Waals surface area contributed by atoms with Crippen LogP contribution in [0.15, 0.2) is 77.7 Å². The molecule has 3 aromatic rings. The summed E-state index contributed by atoms with van der Waals surface area (Å²) in [4.78, 5) is 12.2. The molecule has 0 atom stereocenters. The molecule has 3 aromatic carbocycles. The van der Waals surface area contributed by atoms with E-state index in [0.717, 1.165) is 16.8 Å². The van der Waals surface area contributed by atoms with Crippen LogP contribution in [0.5, 0.6) is 0 Å². The number of rotatable bonds is 5. The fourth-order valence-corrected chi connectivity index (χ4v) is 3.97. The molecule has 0 saturated carbocycles. The second kappa shape index (κ2) is 9.06. The number of hydrogen-bond donors (Lipinski definition) is 3. The monoisotopic (exact) mass is 439 g/mol. The minimum atomic E-state index is -3.99. The summed E-state index contributed by atoms with van der Waals surface area (Å²) in [6.07, 6.45) is 0. The Bertz CT molecular complexity index is 1190. The Labute approximate surface area is 181 Å². The van der Waals surface area contributed by atoms with Gasteiger partial charge in [-0.15, -0.1) is 0 Å². The topological polar surface area (TPSA) is 87.3 Å². The quantitative estimate of drug-likeness (QED) is 0.516. The minimum Gasteiger partial charge on any atom is -0.332 e. The molecular weight excluding hydrogens is 418 g/mol. The van der Waals surface area contributed by atoms with Crippen molar-refractivity contribution in [2.24, 2.45) is 0 Å². The van der Waals surface area contributed by atoms with Crippen molar-refractivity contribution in [3.63, 3.8) is 0 Å².